The second-order valence-corrected chi connectivity index (χ2v) is 33.5. The van der Waals surface area contributed by atoms with Crippen LogP contribution in [0.4, 0.5) is 24.0 Å². The first-order chi connectivity index (χ1) is 51.3. The van der Waals surface area contributed by atoms with Crippen LogP contribution in [0.5, 0.6) is 0 Å². The molecule has 0 bridgehead atoms. The number of aliphatic hydroxyl groups excluding tert-OH is 2. The molecule has 111 heavy (non-hydrogen) atoms. The van der Waals surface area contributed by atoms with Crippen LogP contribution in [0.25, 0.3) is 0 Å². The molecule has 12 atom stereocenters. The number of piperazine rings is 1. The van der Waals surface area contributed by atoms with Gasteiger partial charge in [-0.1, -0.05) is 44.2 Å². The number of carbonyl (C=O) groups is 15. The summed E-state index contributed by atoms with van der Waals surface area (Å²) < 4.78 is 27.2. The lowest BCUT2D eigenvalue weighted by Crippen LogP contribution is -2.59. The molecule has 2 aliphatic heterocycles. The fourth-order valence-electron chi connectivity index (χ4n) is 11.5. The molecule has 35 nitrogen and oxygen atoms in total. The van der Waals surface area contributed by atoms with Gasteiger partial charge in [-0.25, -0.2) is 24.0 Å². The van der Waals surface area contributed by atoms with Gasteiger partial charge in [-0.15, -0.1) is 0 Å². The number of carbonyl (C=O) groups excluding carboxylic acids is 15. The first kappa shape index (κ1) is 96.0. The zero-order chi connectivity index (χ0) is 84.1. The molecule has 3 rings (SSSR count). The predicted molar refractivity (Wildman–Crippen MR) is 407 cm³/mol. The molecule has 0 saturated carbocycles. The summed E-state index contributed by atoms with van der Waals surface area (Å²) in [4.78, 5) is 215. The van der Waals surface area contributed by atoms with E-state index in [0.717, 1.165) is 6.92 Å². The van der Waals surface area contributed by atoms with Crippen LogP contribution >= 0.6 is 0 Å². The Labute approximate surface area is 651 Å². The van der Waals surface area contributed by atoms with Crippen molar-refractivity contribution in [3.05, 3.63) is 35.9 Å². The van der Waals surface area contributed by atoms with Gasteiger partial charge in [0.25, 0.3) is 0 Å². The summed E-state index contributed by atoms with van der Waals surface area (Å²) in [5.74, 6) is -14.4. The number of rotatable bonds is 26. The van der Waals surface area contributed by atoms with Gasteiger partial charge in [0.15, 0.2) is 17.3 Å². The Hall–Kier alpha value is -9.25. The average molecular weight is 1570 g/mol. The van der Waals surface area contributed by atoms with Crippen molar-refractivity contribution >= 4 is 89.2 Å². The van der Waals surface area contributed by atoms with Crippen LogP contribution in [-0.2, 0) is 78.1 Å². The summed E-state index contributed by atoms with van der Waals surface area (Å²) in [5, 5.41) is 54.1. The number of hydrogen-bond acceptors (Lipinski definition) is 23. The van der Waals surface area contributed by atoms with Crippen LogP contribution in [0.1, 0.15) is 195 Å². The summed E-state index contributed by atoms with van der Waals surface area (Å²) >= 11 is 0. The van der Waals surface area contributed by atoms with Gasteiger partial charge in [-0.05, 0) is 168 Å². The average Bonchev–Trinajstić information content (AvgIpc) is 1.07. The summed E-state index contributed by atoms with van der Waals surface area (Å²) in [5.41, 5.74) is -4.26. The van der Waals surface area contributed by atoms with Crippen molar-refractivity contribution < 1.29 is 106 Å². The minimum Gasteiger partial charge on any atom is -0.444 e. The van der Waals surface area contributed by atoms with E-state index in [1.165, 1.54) is 11.8 Å². The Morgan fingerprint density at radius 2 is 0.991 bits per heavy atom. The van der Waals surface area contributed by atoms with Crippen LogP contribution in [-0.4, -0.2) is 239 Å². The molecule has 0 aliphatic carbocycles. The molecule has 1 aromatic carbocycles. The van der Waals surface area contributed by atoms with Gasteiger partial charge in [0, 0.05) is 89.9 Å². The highest BCUT2D eigenvalue weighted by Crippen LogP contribution is 2.22. The Morgan fingerprint density at radius 3 is 1.50 bits per heavy atom. The Balaban J connectivity index is 2.36. The zero-order valence-electron chi connectivity index (χ0n) is 68.1. The van der Waals surface area contributed by atoms with Gasteiger partial charge in [-0.3, -0.25) is 47.9 Å². The molecular formula is C76H125N13O22. The Kier molecular flexibility index (Phi) is 38.1. The fourth-order valence-corrected chi connectivity index (χ4v) is 11.5. The summed E-state index contributed by atoms with van der Waals surface area (Å²) in [6, 6.07) is -2.48. The molecule has 35 heteroatoms. The molecule has 0 aromatic heterocycles. The highest BCUT2D eigenvalue weighted by Gasteiger charge is 2.40. The first-order valence-corrected chi connectivity index (χ1v) is 38.0. The number of ketones is 3. The molecule has 626 valence electrons. The number of Topliss-reactive ketones (excluding diaryl/α,β-unsaturated/α-hetero) is 3. The van der Waals surface area contributed by atoms with Crippen molar-refractivity contribution in [2.45, 2.75) is 278 Å². The van der Waals surface area contributed by atoms with Crippen molar-refractivity contribution in [3.63, 3.8) is 0 Å². The van der Waals surface area contributed by atoms with Crippen molar-refractivity contribution in [1.29, 1.82) is 0 Å². The molecule has 0 radical (unpaired) electrons. The number of amides is 12. The maximum absolute atomic E-state index is 15.4. The van der Waals surface area contributed by atoms with Gasteiger partial charge in [0.1, 0.15) is 52.2 Å². The molecule has 2 saturated heterocycles. The van der Waals surface area contributed by atoms with Gasteiger partial charge < -0.3 is 103 Å². The van der Waals surface area contributed by atoms with E-state index in [1.54, 1.807) is 148 Å². The highest BCUT2D eigenvalue weighted by atomic mass is 16.6. The zero-order valence-corrected chi connectivity index (χ0v) is 68.1. The minimum atomic E-state index is -1.84. The van der Waals surface area contributed by atoms with E-state index in [-0.39, 0.29) is 77.4 Å². The largest absolute Gasteiger partial charge is 0.444 e. The number of nitrogens with zero attached hydrogens (tertiary/aromatic N) is 1. The maximum Gasteiger partial charge on any atom is 0.410 e. The van der Waals surface area contributed by atoms with E-state index in [2.05, 4.69) is 63.8 Å². The third-order valence-corrected chi connectivity index (χ3v) is 16.8. The summed E-state index contributed by atoms with van der Waals surface area (Å²) in [6.45, 7) is 28.6. The lowest BCUT2D eigenvalue weighted by Gasteiger charge is -2.34. The molecule has 2 aliphatic rings. The van der Waals surface area contributed by atoms with E-state index >= 15 is 19.2 Å². The quantitative estimate of drug-likeness (QED) is 0.0593. The predicted octanol–water partition coefficient (Wildman–Crippen LogP) is 3.06. The van der Waals surface area contributed by atoms with Gasteiger partial charge in [0.05, 0.1) is 36.3 Å². The normalized spacial score (nSPS) is 21.8. The molecule has 3 unspecified atom stereocenters. The Morgan fingerprint density at radius 1 is 0.532 bits per heavy atom. The second kappa shape index (κ2) is 44.1. The van der Waals surface area contributed by atoms with Gasteiger partial charge >= 0.3 is 30.5 Å². The van der Waals surface area contributed by atoms with Gasteiger partial charge in [-0.2, -0.15) is 0 Å². The first-order valence-electron chi connectivity index (χ1n) is 38.0. The standard InChI is InChI=1S/C76H125N13O22/c1-43(2)37-53-64(99)84-51(28-33-81-69(104)109-74(11,12)13)57(93)40-48(26-31-79-67(102)107-72(5,6)7)61(96)88-59(45(4)91)66(101)78-30-25-47(60(95)85-52(29-34-82-70(105)110-75(14,15)16)63(98)87-54(65(100)86-53)38-46-23-21-20-22-24-46)39-56(92)50(27-32-80-68(103)108-73(8,9)10)83-62(97)49(44(3)90)41-58(94)55-42-89(36-35-77-55)71(106)111-76(17,18)19/h20-24,43-45,47-55,59,77,90-91H,25-42H2,1-19H3,(H,78,101)(H,79,102)(H,80,103)(H,81,104)(H,82,105)(H,83,97)(H,84,99)(H,85,95)(H,86,100)(H,87,98)(H,88,96)/t44?,45?,47-,48-,49+,50+,51+,52+,53+,54-,55?,59+/m1/s1. The van der Waals surface area contributed by atoms with Crippen molar-refractivity contribution in [3.8, 4) is 0 Å². The molecule has 2 fully saturated rings. The van der Waals surface area contributed by atoms with Crippen LogP contribution in [0.3, 0.4) is 0 Å². The van der Waals surface area contributed by atoms with E-state index in [0.29, 0.717) is 5.56 Å². The lowest BCUT2D eigenvalue weighted by molar-refractivity contribution is -0.137. The molecule has 12 amide bonds. The van der Waals surface area contributed by atoms with E-state index < -0.39 is 234 Å². The number of hydrogen-bond donors (Lipinski definition) is 14. The molecule has 1 aromatic rings. The minimum absolute atomic E-state index is 0.0820. The van der Waals surface area contributed by atoms with E-state index in [9.17, 15) is 63.0 Å². The molecule has 14 N–H and O–H groups in total. The maximum atomic E-state index is 15.4. The van der Waals surface area contributed by atoms with Crippen molar-refractivity contribution in [1.82, 2.24) is 68.7 Å². The topological polar surface area (TPSA) is 490 Å². The number of benzene rings is 1. The van der Waals surface area contributed by atoms with Crippen LogP contribution in [0.2, 0.25) is 0 Å². The second-order valence-electron chi connectivity index (χ2n) is 33.5. The van der Waals surface area contributed by atoms with E-state index in [1.807, 2.05) is 0 Å². The van der Waals surface area contributed by atoms with E-state index in [4.69, 9.17) is 23.7 Å². The van der Waals surface area contributed by atoms with Crippen molar-refractivity contribution in [2.75, 3.05) is 52.4 Å². The number of ether oxygens (including phenoxy) is 5. The van der Waals surface area contributed by atoms with Crippen molar-refractivity contribution in [2.24, 2.45) is 23.7 Å². The smallest absolute Gasteiger partial charge is 0.410 e. The highest BCUT2D eigenvalue weighted by molar-refractivity contribution is 5.99. The van der Waals surface area contributed by atoms with Crippen LogP contribution in [0.15, 0.2) is 30.3 Å². The third kappa shape index (κ3) is 38.5. The fraction of sp³-hybridized carbons (Fsp3) is 0.724. The SMILES string of the molecule is CC(C)C[C@@H]1NC(=O)[C@@H](Cc2ccccc2)NC(=O)[C@H](CCNC(=O)OC(C)(C)C)NC(=O)[C@@H](CC(=O)[C@H](CCNC(=O)OC(C)(C)C)NC(=O)[C@@H](CC(=O)C2CN(C(=O)OC(C)(C)C)CCN2)C(C)O)CCNC(=O)[C@H](C(C)O)NC(=O)[C@H](CCNC(=O)OC(C)(C)C)CC(=O)[C@H](CCNC(=O)OC(C)(C)C)NC1=O. The number of nitrogens with one attached hydrogen (secondary N) is 12. The summed E-state index contributed by atoms with van der Waals surface area (Å²) in [6.07, 6.45) is -12.1. The molecule has 0 spiro atoms. The summed E-state index contributed by atoms with van der Waals surface area (Å²) in [7, 11) is 0. The number of alkyl carbamates (subject to hydrolysis) is 4. The number of aliphatic hydroxyl groups is 2. The monoisotopic (exact) mass is 1570 g/mol. The third-order valence-electron chi connectivity index (χ3n) is 16.8. The molecular weight excluding hydrogens is 1450 g/mol. The van der Waals surface area contributed by atoms with Crippen LogP contribution in [0, 0.1) is 23.7 Å². The Bertz CT molecular complexity index is 3340. The lowest BCUT2D eigenvalue weighted by atomic mass is 9.90. The van der Waals surface area contributed by atoms with Gasteiger partial charge in [0.2, 0.25) is 41.4 Å². The molecule has 2 heterocycles. The van der Waals surface area contributed by atoms with Crippen LogP contribution < -0.4 is 63.8 Å².